The van der Waals surface area contributed by atoms with Gasteiger partial charge in [0.1, 0.15) is 17.7 Å². The maximum Gasteiger partial charge on any atom is 0.341 e. The number of amides is 2. The largest absolute Gasteiger partial charge is 0.483 e. The highest BCUT2D eigenvalue weighted by molar-refractivity contribution is 5.79. The van der Waals surface area contributed by atoms with Gasteiger partial charge in [-0.15, -0.1) is 0 Å². The lowest BCUT2D eigenvalue weighted by Gasteiger charge is -2.41. The summed E-state index contributed by atoms with van der Waals surface area (Å²) in [7, 11) is 0. The van der Waals surface area contributed by atoms with E-state index in [-0.39, 0.29) is 25.3 Å². The molecule has 1 aromatic carbocycles. The number of hydrazone groups is 1. The predicted octanol–water partition coefficient (Wildman–Crippen LogP) is 3.98. The monoisotopic (exact) mass is 509 g/mol. The highest BCUT2D eigenvalue weighted by Gasteiger charge is 2.39. The van der Waals surface area contributed by atoms with Gasteiger partial charge in [0.25, 0.3) is 0 Å². The summed E-state index contributed by atoms with van der Waals surface area (Å²) in [6.07, 6.45) is 2.61. The third kappa shape index (κ3) is 4.60. The van der Waals surface area contributed by atoms with Gasteiger partial charge in [0, 0.05) is 36.0 Å². The van der Waals surface area contributed by atoms with Crippen molar-refractivity contribution < 1.29 is 22.7 Å². The second kappa shape index (κ2) is 9.57. The van der Waals surface area contributed by atoms with Crippen LogP contribution in [0.2, 0.25) is 0 Å². The molecule has 0 unspecified atom stereocenters. The van der Waals surface area contributed by atoms with Crippen LogP contribution in [-0.2, 0) is 6.42 Å². The number of likely N-dealkylation sites (tertiary alicyclic amines) is 1. The average molecular weight is 509 g/mol. The molecular formula is C25H22F3N7O2. The van der Waals surface area contributed by atoms with Crippen molar-refractivity contribution in [1.29, 1.82) is 5.26 Å². The third-order valence-electron chi connectivity index (χ3n) is 6.43. The van der Waals surface area contributed by atoms with E-state index in [1.165, 1.54) is 39.0 Å². The van der Waals surface area contributed by atoms with Crippen LogP contribution in [0.1, 0.15) is 35.0 Å². The van der Waals surface area contributed by atoms with Crippen molar-refractivity contribution in [2.75, 3.05) is 13.1 Å². The van der Waals surface area contributed by atoms with Gasteiger partial charge in [0.15, 0.2) is 17.4 Å². The molecule has 5 rings (SSSR count). The molecule has 3 aromatic rings. The van der Waals surface area contributed by atoms with Crippen LogP contribution >= 0.6 is 0 Å². The Morgan fingerprint density at radius 2 is 1.89 bits per heavy atom. The Morgan fingerprint density at radius 1 is 1.16 bits per heavy atom. The third-order valence-corrected chi connectivity index (χ3v) is 6.43. The topological polar surface area (TPSA) is 99.6 Å². The Hall–Kier alpha value is -4.40. The van der Waals surface area contributed by atoms with Gasteiger partial charge in [-0.25, -0.2) is 32.6 Å². The van der Waals surface area contributed by atoms with Crippen LogP contribution in [0.3, 0.4) is 0 Å². The van der Waals surface area contributed by atoms with Gasteiger partial charge in [-0.1, -0.05) is 0 Å². The van der Waals surface area contributed by atoms with E-state index in [0.717, 1.165) is 23.5 Å². The van der Waals surface area contributed by atoms with Crippen LogP contribution in [-0.4, -0.2) is 56.1 Å². The smallest absolute Gasteiger partial charge is 0.341 e. The molecule has 0 N–H and O–H groups in total. The number of halogens is 3. The first-order valence-corrected chi connectivity index (χ1v) is 11.6. The zero-order valence-electron chi connectivity index (χ0n) is 20.0. The van der Waals surface area contributed by atoms with Gasteiger partial charge in [-0.05, 0) is 31.5 Å². The quantitative estimate of drug-likeness (QED) is 0.518. The summed E-state index contributed by atoms with van der Waals surface area (Å²) < 4.78 is 49.2. The Bertz CT molecular complexity index is 1420. The first-order chi connectivity index (χ1) is 17.7. The molecule has 0 aliphatic carbocycles. The van der Waals surface area contributed by atoms with E-state index in [2.05, 4.69) is 21.3 Å². The molecule has 12 heteroatoms. The molecule has 0 radical (unpaired) electrons. The van der Waals surface area contributed by atoms with Crippen molar-refractivity contribution in [1.82, 2.24) is 24.7 Å². The molecule has 37 heavy (non-hydrogen) atoms. The normalized spacial score (nSPS) is 17.1. The number of aromatic nitrogens is 3. The van der Waals surface area contributed by atoms with Crippen LogP contribution in [0.15, 0.2) is 35.6 Å². The molecule has 1 saturated heterocycles. The van der Waals surface area contributed by atoms with Gasteiger partial charge in [-0.3, -0.25) is 0 Å². The second-order valence-corrected chi connectivity index (χ2v) is 8.89. The van der Waals surface area contributed by atoms with E-state index in [0.29, 0.717) is 23.5 Å². The van der Waals surface area contributed by atoms with Crippen molar-refractivity contribution in [3.63, 3.8) is 0 Å². The van der Waals surface area contributed by atoms with E-state index in [1.807, 2.05) is 0 Å². The molecule has 190 valence electrons. The number of carbonyl (C=O) groups excluding carboxylic acids is 1. The summed E-state index contributed by atoms with van der Waals surface area (Å²) in [5.74, 6) is -1.82. The first-order valence-electron chi connectivity index (χ1n) is 11.6. The lowest BCUT2D eigenvalue weighted by atomic mass is 10.0. The number of benzene rings is 1. The predicted molar refractivity (Wildman–Crippen MR) is 126 cm³/mol. The summed E-state index contributed by atoms with van der Waals surface area (Å²) in [5.41, 5.74) is 2.51. The fourth-order valence-corrected chi connectivity index (χ4v) is 4.49. The van der Waals surface area contributed by atoms with Crippen LogP contribution in [0.4, 0.5) is 18.0 Å². The maximum absolute atomic E-state index is 14.5. The Balaban J connectivity index is 1.26. The molecule has 0 bridgehead atoms. The number of nitriles is 1. The van der Waals surface area contributed by atoms with Gasteiger partial charge in [0.05, 0.1) is 43.5 Å². The first kappa shape index (κ1) is 24.3. The molecule has 2 amide bonds. The summed E-state index contributed by atoms with van der Waals surface area (Å²) in [6, 6.07) is 5.61. The second-order valence-electron chi connectivity index (χ2n) is 8.89. The highest BCUT2D eigenvalue weighted by Crippen LogP contribution is 2.32. The summed E-state index contributed by atoms with van der Waals surface area (Å²) >= 11 is 0. The van der Waals surface area contributed by atoms with E-state index >= 15 is 0 Å². The Morgan fingerprint density at radius 3 is 2.59 bits per heavy atom. The molecule has 4 heterocycles. The lowest BCUT2D eigenvalue weighted by Crippen LogP contribution is -2.58. The van der Waals surface area contributed by atoms with E-state index in [9.17, 15) is 18.0 Å². The molecule has 2 aliphatic rings. The number of rotatable bonds is 5. The number of ether oxygens (including phenoxy) is 1. The van der Waals surface area contributed by atoms with Crippen LogP contribution in [0.25, 0.3) is 5.82 Å². The molecule has 1 atom stereocenters. The SMILES string of the molecule is Cc1nn(-c2cc(OC3CN(C(=O)N4N=CC[C@H]4c4cc(F)cc(F)c4)C3)c(F)cn2)c(C)c1CC#N. The number of nitrogens with zero attached hydrogens (tertiary/aromatic N) is 7. The van der Waals surface area contributed by atoms with Gasteiger partial charge in [-0.2, -0.15) is 15.5 Å². The molecule has 0 saturated carbocycles. The minimum atomic E-state index is -0.729. The fourth-order valence-electron chi connectivity index (χ4n) is 4.49. The minimum absolute atomic E-state index is 0.0382. The van der Waals surface area contributed by atoms with E-state index in [4.69, 9.17) is 10.00 Å². The zero-order chi connectivity index (χ0) is 26.3. The zero-order valence-corrected chi connectivity index (χ0v) is 20.0. The molecule has 2 aromatic heterocycles. The molecule has 2 aliphatic heterocycles. The summed E-state index contributed by atoms with van der Waals surface area (Å²) in [5, 5.41) is 18.7. The number of aryl methyl sites for hydroxylation is 1. The van der Waals surface area contributed by atoms with Crippen molar-refractivity contribution in [3.05, 3.63) is 70.4 Å². The lowest BCUT2D eigenvalue weighted by molar-refractivity contribution is 0.0256. The van der Waals surface area contributed by atoms with Crippen LogP contribution < -0.4 is 4.74 Å². The standard InChI is InChI=1S/C25H22F3N7O2/c1-14-20(3-5-29)15(2)34(32-14)24-10-23(21(28)11-30-24)37-19-12-33(13-19)25(36)35-22(4-6-31-35)16-7-17(26)9-18(27)8-16/h6-11,19,22H,3-4,12-13H2,1-2H3/t22-/m0/s1. The Labute approximate surface area is 210 Å². The van der Waals surface area contributed by atoms with Crippen molar-refractivity contribution >= 4 is 12.2 Å². The highest BCUT2D eigenvalue weighted by atomic mass is 19.1. The summed E-state index contributed by atoms with van der Waals surface area (Å²) in [6.45, 7) is 3.95. The molecule has 1 fully saturated rings. The number of pyridine rings is 1. The van der Waals surface area contributed by atoms with Gasteiger partial charge >= 0.3 is 6.03 Å². The average Bonchev–Trinajstić information content (AvgIpc) is 3.42. The fraction of sp³-hybridized carbons (Fsp3) is 0.320. The molecular weight excluding hydrogens is 487 g/mol. The van der Waals surface area contributed by atoms with Crippen LogP contribution in [0.5, 0.6) is 5.75 Å². The van der Waals surface area contributed by atoms with Crippen molar-refractivity contribution in [2.45, 2.75) is 38.8 Å². The number of carbonyl (C=O) groups is 1. The maximum atomic E-state index is 14.5. The summed E-state index contributed by atoms with van der Waals surface area (Å²) in [4.78, 5) is 18.6. The van der Waals surface area contributed by atoms with Crippen molar-refractivity contribution in [3.8, 4) is 17.6 Å². The number of hydrogen-bond donors (Lipinski definition) is 0. The molecule has 9 nitrogen and oxygen atoms in total. The molecule has 0 spiro atoms. The minimum Gasteiger partial charge on any atom is -0.483 e. The number of urea groups is 1. The Kier molecular flexibility index (Phi) is 6.29. The van der Waals surface area contributed by atoms with Crippen molar-refractivity contribution in [2.24, 2.45) is 5.10 Å². The van der Waals surface area contributed by atoms with Crippen LogP contribution in [0, 0.1) is 42.6 Å². The van der Waals surface area contributed by atoms with Gasteiger partial charge < -0.3 is 9.64 Å². The van der Waals surface area contributed by atoms with Gasteiger partial charge in [0.2, 0.25) is 0 Å². The van der Waals surface area contributed by atoms with E-state index in [1.54, 1.807) is 13.8 Å². The van der Waals surface area contributed by atoms with E-state index < -0.39 is 35.6 Å². The number of hydrogen-bond acceptors (Lipinski definition) is 6.